The van der Waals surface area contributed by atoms with Gasteiger partial charge < -0.3 is 9.84 Å². The zero-order valence-corrected chi connectivity index (χ0v) is 24.3. The number of unbranched alkanes of at least 4 members (excludes halogenated alkanes) is 1. The van der Waals surface area contributed by atoms with Crippen LogP contribution < -0.4 is 0 Å². The number of aliphatic carboxylic acids is 1. The lowest BCUT2D eigenvalue weighted by molar-refractivity contribution is -0.137. The lowest BCUT2D eigenvalue weighted by Crippen LogP contribution is -2.53. The van der Waals surface area contributed by atoms with Crippen LogP contribution in [0.3, 0.4) is 0 Å². The molecule has 1 aromatic carbocycles. The van der Waals surface area contributed by atoms with Crippen LogP contribution in [0.1, 0.15) is 83.8 Å². The van der Waals surface area contributed by atoms with Gasteiger partial charge in [-0.25, -0.2) is 4.98 Å². The van der Waals surface area contributed by atoms with Crippen molar-refractivity contribution in [3.8, 4) is 0 Å². The first kappa shape index (κ1) is 28.2. The summed E-state index contributed by atoms with van der Waals surface area (Å²) < 4.78 is 8.21. The Morgan fingerprint density at radius 3 is 2.62 bits per heavy atom. The van der Waals surface area contributed by atoms with Crippen LogP contribution in [-0.2, 0) is 22.5 Å². The number of aromatic nitrogens is 4. The molecule has 0 spiro atoms. The third-order valence-corrected chi connectivity index (χ3v) is 9.68. The number of aryl methyl sites for hydroxylation is 3. The molecule has 39 heavy (non-hydrogen) atoms. The van der Waals surface area contributed by atoms with Gasteiger partial charge in [0.1, 0.15) is 11.8 Å². The van der Waals surface area contributed by atoms with Crippen LogP contribution in [0.15, 0.2) is 30.5 Å². The molecule has 210 valence electrons. The van der Waals surface area contributed by atoms with Crippen molar-refractivity contribution >= 4 is 28.9 Å². The van der Waals surface area contributed by atoms with Crippen molar-refractivity contribution < 1.29 is 14.6 Å². The first-order valence-corrected chi connectivity index (χ1v) is 15.2. The Kier molecular flexibility index (Phi) is 9.32. The van der Waals surface area contributed by atoms with E-state index in [0.29, 0.717) is 37.6 Å². The van der Waals surface area contributed by atoms with Gasteiger partial charge in [0.05, 0.1) is 23.5 Å². The zero-order valence-electron chi connectivity index (χ0n) is 22.8. The monoisotopic (exact) mass is 571 g/mol. The summed E-state index contributed by atoms with van der Waals surface area (Å²) in [4.78, 5) is 19.6. The van der Waals surface area contributed by atoms with Crippen LogP contribution in [0, 0.1) is 13.8 Å². The number of hydrogen-bond donors (Lipinski definition) is 1. The van der Waals surface area contributed by atoms with Crippen LogP contribution in [0.4, 0.5) is 0 Å². The molecule has 2 aliphatic rings. The van der Waals surface area contributed by atoms with E-state index in [1.54, 1.807) is 0 Å². The maximum atomic E-state index is 10.8. The van der Waals surface area contributed by atoms with E-state index in [9.17, 15) is 4.79 Å². The van der Waals surface area contributed by atoms with Crippen LogP contribution in [0.2, 0.25) is 5.02 Å². The van der Waals surface area contributed by atoms with E-state index >= 15 is 0 Å². The molecule has 2 fully saturated rings. The van der Waals surface area contributed by atoms with Gasteiger partial charge in [0, 0.05) is 47.4 Å². The highest BCUT2D eigenvalue weighted by Gasteiger charge is 2.37. The van der Waals surface area contributed by atoms with Crippen LogP contribution in [-0.4, -0.2) is 61.2 Å². The lowest BCUT2D eigenvalue weighted by Gasteiger charge is -2.46. The second-order valence-electron chi connectivity index (χ2n) is 11.0. The average molecular weight is 572 g/mol. The summed E-state index contributed by atoms with van der Waals surface area (Å²) in [5, 5.41) is 19.7. The maximum Gasteiger partial charge on any atom is 0.303 e. The molecule has 1 saturated carbocycles. The molecular formula is C29H38ClN5O3S. The number of carboxylic acid groups (broad SMARTS) is 1. The maximum absolute atomic E-state index is 10.8. The number of rotatable bonds is 10. The fraction of sp³-hybridized carbons (Fsp3) is 0.586. The van der Waals surface area contributed by atoms with Crippen molar-refractivity contribution in [1.29, 1.82) is 0 Å². The highest BCUT2D eigenvalue weighted by Crippen LogP contribution is 2.39. The molecule has 3 heterocycles. The van der Waals surface area contributed by atoms with Gasteiger partial charge in [-0.05, 0) is 76.5 Å². The van der Waals surface area contributed by atoms with Gasteiger partial charge >= 0.3 is 5.97 Å². The van der Waals surface area contributed by atoms with E-state index in [2.05, 4.69) is 41.2 Å². The van der Waals surface area contributed by atoms with Gasteiger partial charge in [0.15, 0.2) is 0 Å². The molecule has 10 heteroatoms. The highest BCUT2D eigenvalue weighted by molar-refractivity contribution is 7.11. The summed E-state index contributed by atoms with van der Waals surface area (Å²) in [6.45, 7) is 6.38. The zero-order chi connectivity index (χ0) is 27.4. The fourth-order valence-electron chi connectivity index (χ4n) is 5.86. The predicted octanol–water partition coefficient (Wildman–Crippen LogP) is 5.97. The first-order chi connectivity index (χ1) is 18.9. The number of nitrogens with zero attached hydrogens (tertiary/aromatic N) is 5. The highest BCUT2D eigenvalue weighted by atomic mass is 35.5. The minimum Gasteiger partial charge on any atom is -0.481 e. The molecule has 2 atom stereocenters. The minimum absolute atomic E-state index is 0.124. The van der Waals surface area contributed by atoms with Gasteiger partial charge in [-0.1, -0.05) is 28.9 Å². The normalized spacial score (nSPS) is 24.2. The van der Waals surface area contributed by atoms with Crippen molar-refractivity contribution in [2.75, 3.05) is 13.2 Å². The molecule has 0 unspecified atom stereocenters. The molecule has 1 aliphatic heterocycles. The second-order valence-corrected chi connectivity index (χ2v) is 12.6. The van der Waals surface area contributed by atoms with Crippen molar-refractivity contribution in [2.24, 2.45) is 0 Å². The molecule has 3 aromatic rings. The number of benzene rings is 1. The number of carboxylic acids is 1. The molecule has 1 saturated heterocycles. The summed E-state index contributed by atoms with van der Waals surface area (Å²) >= 11 is 8.01. The summed E-state index contributed by atoms with van der Waals surface area (Å²) in [6.07, 6.45) is 8.98. The quantitative estimate of drug-likeness (QED) is 0.300. The van der Waals surface area contributed by atoms with Crippen molar-refractivity contribution in [2.45, 2.75) is 95.9 Å². The number of carbonyl (C=O) groups is 1. The van der Waals surface area contributed by atoms with E-state index in [1.807, 2.05) is 34.3 Å². The molecule has 2 aromatic heterocycles. The number of halogens is 1. The Morgan fingerprint density at radius 2 is 1.92 bits per heavy atom. The van der Waals surface area contributed by atoms with E-state index in [1.165, 1.54) is 34.0 Å². The predicted molar refractivity (Wildman–Crippen MR) is 152 cm³/mol. The second kappa shape index (κ2) is 12.9. The molecule has 0 amide bonds. The van der Waals surface area contributed by atoms with Crippen LogP contribution in [0.5, 0.6) is 0 Å². The molecular weight excluding hydrogens is 534 g/mol. The summed E-state index contributed by atoms with van der Waals surface area (Å²) in [6, 6.07) is 8.95. The lowest BCUT2D eigenvalue weighted by atomic mass is 9.84. The Hall–Kier alpha value is -2.33. The Balaban J connectivity index is 1.25. The minimum atomic E-state index is -0.760. The van der Waals surface area contributed by atoms with Gasteiger partial charge in [-0.3, -0.25) is 14.4 Å². The van der Waals surface area contributed by atoms with Gasteiger partial charge in [-0.2, -0.15) is 0 Å². The standard InChI is InChI=1S/C29H38ClN5O3S/c1-19-20(2)39-29(31-19)22-8-12-24(13-9-22)35-17-27(26-16-34(33-32-26)14-4-3-5-28(36)37)38-18-25(35)15-21-6-10-23(30)11-7-21/h6-7,10-11,16,22,24-25,27H,3-5,8-9,12-15,17-18H2,1-2H3,(H,36,37)/t22?,24?,25-,27+/m0/s1. The Bertz CT molecular complexity index is 1220. The third-order valence-electron chi connectivity index (χ3n) is 8.19. The van der Waals surface area contributed by atoms with Crippen LogP contribution in [0.25, 0.3) is 0 Å². The fourth-order valence-corrected chi connectivity index (χ4v) is 7.08. The number of ether oxygens (including phenoxy) is 1. The number of hydrogen-bond acceptors (Lipinski definition) is 7. The van der Waals surface area contributed by atoms with E-state index in [0.717, 1.165) is 42.9 Å². The van der Waals surface area contributed by atoms with Crippen molar-refractivity contribution in [1.82, 2.24) is 24.9 Å². The molecule has 1 N–H and O–H groups in total. The smallest absolute Gasteiger partial charge is 0.303 e. The average Bonchev–Trinajstić information content (AvgIpc) is 3.54. The van der Waals surface area contributed by atoms with Crippen LogP contribution >= 0.6 is 22.9 Å². The summed E-state index contributed by atoms with van der Waals surface area (Å²) in [7, 11) is 0. The summed E-state index contributed by atoms with van der Waals surface area (Å²) in [5.41, 5.74) is 3.29. The SMILES string of the molecule is Cc1nc(C2CCC(N3C[C@H](c4cn(CCCCC(=O)O)nn4)OC[C@@H]3Cc3ccc(Cl)cc3)CC2)sc1C. The number of morpholine rings is 1. The summed E-state index contributed by atoms with van der Waals surface area (Å²) in [5.74, 6) is -0.199. The van der Waals surface area contributed by atoms with E-state index in [-0.39, 0.29) is 12.5 Å². The molecule has 0 bridgehead atoms. The largest absolute Gasteiger partial charge is 0.481 e. The van der Waals surface area contributed by atoms with Gasteiger partial charge in [-0.15, -0.1) is 16.4 Å². The first-order valence-electron chi connectivity index (χ1n) is 14.0. The molecule has 8 nitrogen and oxygen atoms in total. The van der Waals surface area contributed by atoms with Crippen molar-refractivity contribution in [3.05, 3.63) is 62.3 Å². The molecule has 1 aliphatic carbocycles. The molecule has 0 radical (unpaired) electrons. The van der Waals surface area contributed by atoms with Gasteiger partial charge in [0.25, 0.3) is 0 Å². The molecule has 5 rings (SSSR count). The number of thiazole rings is 1. The third kappa shape index (κ3) is 7.25. The Morgan fingerprint density at radius 1 is 1.15 bits per heavy atom. The van der Waals surface area contributed by atoms with Gasteiger partial charge in [0.2, 0.25) is 0 Å². The van der Waals surface area contributed by atoms with E-state index in [4.69, 9.17) is 26.4 Å². The van der Waals surface area contributed by atoms with Crippen molar-refractivity contribution in [3.63, 3.8) is 0 Å². The topological polar surface area (TPSA) is 93.4 Å². The Labute approximate surface area is 239 Å². The van der Waals surface area contributed by atoms with E-state index < -0.39 is 5.97 Å².